The molecular formula is C5H5Cl2N5. The zero-order valence-corrected chi connectivity index (χ0v) is 7.34. The van der Waals surface area contributed by atoms with Crippen LogP contribution in [0.25, 0.3) is 0 Å². The summed E-state index contributed by atoms with van der Waals surface area (Å²) in [6, 6.07) is 0. The number of nitrogens with zero attached hydrogens (tertiary/aromatic N) is 3. The van der Waals surface area contributed by atoms with E-state index in [0.717, 1.165) is 0 Å². The Bertz CT molecular complexity index is 320. The quantitative estimate of drug-likeness (QED) is 0.401. The van der Waals surface area contributed by atoms with Gasteiger partial charge >= 0.3 is 0 Å². The van der Waals surface area contributed by atoms with Crippen molar-refractivity contribution in [1.29, 1.82) is 0 Å². The molecule has 1 heterocycles. The van der Waals surface area contributed by atoms with Gasteiger partial charge in [0, 0.05) is 0 Å². The molecule has 12 heavy (non-hydrogen) atoms. The second kappa shape index (κ2) is 3.55. The molecule has 5 nitrogen and oxygen atoms in total. The van der Waals surface area contributed by atoms with Crippen LogP contribution in [0, 0.1) is 0 Å². The molecule has 1 rings (SSSR count). The van der Waals surface area contributed by atoms with Crippen LogP contribution in [-0.4, -0.2) is 15.9 Å². The topological polar surface area (TPSA) is 90.2 Å². The normalized spacial score (nSPS) is 9.50. The van der Waals surface area contributed by atoms with E-state index >= 15 is 0 Å². The van der Waals surface area contributed by atoms with Gasteiger partial charge in [0.2, 0.25) is 5.28 Å². The largest absolute Gasteiger partial charge is 0.370 e. The van der Waals surface area contributed by atoms with E-state index in [4.69, 9.17) is 34.7 Å². The molecule has 0 atom stereocenters. The number of guanidine groups is 1. The molecule has 7 heteroatoms. The number of rotatable bonds is 1. The lowest BCUT2D eigenvalue weighted by Gasteiger charge is -1.96. The third-order valence-electron chi connectivity index (χ3n) is 0.931. The van der Waals surface area contributed by atoms with Crippen LogP contribution >= 0.6 is 23.2 Å². The highest BCUT2D eigenvalue weighted by molar-refractivity contribution is 6.33. The minimum Gasteiger partial charge on any atom is -0.370 e. The van der Waals surface area contributed by atoms with E-state index in [1.54, 1.807) is 0 Å². The Hall–Kier alpha value is -1.07. The zero-order chi connectivity index (χ0) is 9.14. The van der Waals surface area contributed by atoms with Crippen molar-refractivity contribution in [3.63, 3.8) is 0 Å². The molecule has 0 amide bonds. The first kappa shape index (κ1) is 9.02. The van der Waals surface area contributed by atoms with Crippen molar-refractivity contribution in [2.75, 3.05) is 0 Å². The predicted molar refractivity (Wildman–Crippen MR) is 47.5 cm³/mol. The molecule has 0 saturated carbocycles. The van der Waals surface area contributed by atoms with Crippen molar-refractivity contribution in [1.82, 2.24) is 9.97 Å². The summed E-state index contributed by atoms with van der Waals surface area (Å²) >= 11 is 11.1. The SMILES string of the molecule is NC(N)=Nc1nc(Cl)ncc1Cl. The first-order valence-electron chi connectivity index (χ1n) is 2.87. The maximum atomic E-state index is 5.64. The Balaban J connectivity index is 3.14. The molecule has 0 radical (unpaired) electrons. The summed E-state index contributed by atoms with van der Waals surface area (Å²) in [5.74, 6) is 0.0309. The van der Waals surface area contributed by atoms with Crippen LogP contribution in [0.1, 0.15) is 0 Å². The summed E-state index contributed by atoms with van der Waals surface area (Å²) in [6.45, 7) is 0. The van der Waals surface area contributed by atoms with E-state index in [0.29, 0.717) is 0 Å². The Morgan fingerprint density at radius 1 is 1.42 bits per heavy atom. The number of halogens is 2. The van der Waals surface area contributed by atoms with Crippen LogP contribution in [-0.2, 0) is 0 Å². The van der Waals surface area contributed by atoms with Crippen molar-refractivity contribution in [3.05, 3.63) is 16.5 Å². The van der Waals surface area contributed by atoms with E-state index in [1.165, 1.54) is 6.20 Å². The van der Waals surface area contributed by atoms with Gasteiger partial charge in [-0.25, -0.2) is 4.98 Å². The first-order valence-corrected chi connectivity index (χ1v) is 3.63. The number of nitrogens with two attached hydrogens (primary N) is 2. The maximum absolute atomic E-state index is 5.64. The van der Waals surface area contributed by atoms with Crippen LogP contribution in [0.5, 0.6) is 0 Å². The van der Waals surface area contributed by atoms with Gasteiger partial charge in [0.1, 0.15) is 5.02 Å². The summed E-state index contributed by atoms with van der Waals surface area (Å²) in [5, 5.41) is 0.284. The average Bonchev–Trinajstić information content (AvgIpc) is 1.96. The third-order valence-corrected chi connectivity index (χ3v) is 1.38. The van der Waals surface area contributed by atoms with Gasteiger partial charge in [-0.15, -0.1) is 0 Å². The van der Waals surface area contributed by atoms with E-state index < -0.39 is 0 Å². The molecule has 4 N–H and O–H groups in total. The number of aromatic nitrogens is 2. The minimum absolute atomic E-state index is 0.0411. The molecule has 0 aliphatic carbocycles. The standard InChI is InChI=1S/C5H5Cl2N5/c6-2-1-10-4(7)11-3(2)12-5(8)9/h1H,(H4,8,9,10,11,12). The van der Waals surface area contributed by atoms with E-state index in [9.17, 15) is 0 Å². The molecular weight excluding hydrogens is 201 g/mol. The predicted octanol–water partition coefficient (Wildman–Crippen LogP) is 0.688. The zero-order valence-electron chi connectivity index (χ0n) is 5.83. The van der Waals surface area contributed by atoms with E-state index in [1.807, 2.05) is 0 Å². The molecule has 64 valence electrons. The third kappa shape index (κ3) is 2.21. The molecule has 0 aliphatic heterocycles. The molecule has 1 aromatic heterocycles. The number of hydrogen-bond donors (Lipinski definition) is 2. The number of aliphatic imine (C=N–C) groups is 1. The maximum Gasteiger partial charge on any atom is 0.224 e. The van der Waals surface area contributed by atoms with Crippen LogP contribution in [0.2, 0.25) is 10.3 Å². The monoisotopic (exact) mass is 205 g/mol. The number of hydrogen-bond acceptors (Lipinski definition) is 3. The molecule has 0 fully saturated rings. The van der Waals surface area contributed by atoms with Gasteiger partial charge in [-0.1, -0.05) is 11.6 Å². The molecule has 0 spiro atoms. The van der Waals surface area contributed by atoms with Crippen LogP contribution in [0.3, 0.4) is 0 Å². The smallest absolute Gasteiger partial charge is 0.224 e. The van der Waals surface area contributed by atoms with Crippen molar-refractivity contribution in [2.45, 2.75) is 0 Å². The van der Waals surface area contributed by atoms with Crippen molar-refractivity contribution < 1.29 is 0 Å². The molecule has 0 bridgehead atoms. The molecule has 0 saturated heterocycles. The van der Waals surface area contributed by atoms with Gasteiger partial charge in [0.15, 0.2) is 11.8 Å². The fourth-order valence-electron chi connectivity index (χ4n) is 0.538. The second-order valence-electron chi connectivity index (χ2n) is 1.85. The second-order valence-corrected chi connectivity index (χ2v) is 2.59. The lowest BCUT2D eigenvalue weighted by Crippen LogP contribution is -2.22. The summed E-state index contributed by atoms with van der Waals surface area (Å²) in [7, 11) is 0. The Labute approximate surface area is 78.4 Å². The lowest BCUT2D eigenvalue weighted by atomic mass is 10.6. The van der Waals surface area contributed by atoms with Crippen molar-refractivity contribution in [2.24, 2.45) is 16.5 Å². The highest BCUT2D eigenvalue weighted by Crippen LogP contribution is 2.21. The lowest BCUT2D eigenvalue weighted by molar-refractivity contribution is 1.15. The highest BCUT2D eigenvalue weighted by Gasteiger charge is 2.02. The van der Waals surface area contributed by atoms with Gasteiger partial charge in [0.25, 0.3) is 0 Å². The highest BCUT2D eigenvalue weighted by atomic mass is 35.5. The van der Waals surface area contributed by atoms with Gasteiger partial charge < -0.3 is 11.5 Å². The van der Waals surface area contributed by atoms with Crippen LogP contribution < -0.4 is 11.5 Å². The van der Waals surface area contributed by atoms with Crippen LogP contribution in [0.4, 0.5) is 5.82 Å². The van der Waals surface area contributed by atoms with E-state index in [2.05, 4.69) is 15.0 Å². The Kier molecular flexibility index (Phi) is 2.67. The Morgan fingerprint density at radius 2 is 2.08 bits per heavy atom. The van der Waals surface area contributed by atoms with Gasteiger partial charge in [-0.05, 0) is 11.6 Å². The average molecular weight is 206 g/mol. The first-order chi connectivity index (χ1) is 5.59. The summed E-state index contributed by atoms with van der Waals surface area (Å²) in [6.07, 6.45) is 1.32. The molecule has 0 unspecified atom stereocenters. The minimum atomic E-state index is -0.133. The van der Waals surface area contributed by atoms with Crippen LogP contribution in [0.15, 0.2) is 11.2 Å². The summed E-state index contributed by atoms with van der Waals surface area (Å²) in [5.41, 5.74) is 10.2. The van der Waals surface area contributed by atoms with E-state index in [-0.39, 0.29) is 22.1 Å². The summed E-state index contributed by atoms with van der Waals surface area (Å²) in [4.78, 5) is 10.9. The molecule has 1 aromatic rings. The van der Waals surface area contributed by atoms with Gasteiger partial charge in [0.05, 0.1) is 6.20 Å². The fourth-order valence-corrected chi connectivity index (χ4v) is 0.800. The van der Waals surface area contributed by atoms with Gasteiger partial charge in [-0.3, -0.25) is 0 Å². The Morgan fingerprint density at radius 3 is 2.67 bits per heavy atom. The molecule has 0 aliphatic rings. The van der Waals surface area contributed by atoms with Crippen molar-refractivity contribution in [3.8, 4) is 0 Å². The summed E-state index contributed by atoms with van der Waals surface area (Å²) < 4.78 is 0. The molecule has 0 aromatic carbocycles. The van der Waals surface area contributed by atoms with Crippen molar-refractivity contribution >= 4 is 35.0 Å². The van der Waals surface area contributed by atoms with Gasteiger partial charge in [-0.2, -0.15) is 9.98 Å². The fraction of sp³-hybridized carbons (Fsp3) is 0.